The minimum Gasteiger partial charge on any atom is -0.495 e. The molecule has 1 aromatic carbocycles. The normalized spacial score (nSPS) is 10.8. The SMILES string of the molecule is COc1c(Br)cc(-c2cc(C(=O)O)[nH]n2)cc1C(C)C. The van der Waals surface area contributed by atoms with Crippen LogP contribution in [-0.2, 0) is 0 Å². The molecule has 1 heterocycles. The molecular formula is C14H15BrN2O3. The zero-order chi connectivity index (χ0) is 14.9. The van der Waals surface area contributed by atoms with Crippen LogP contribution in [0.3, 0.4) is 0 Å². The maximum absolute atomic E-state index is 10.9. The fourth-order valence-corrected chi connectivity index (χ4v) is 2.62. The summed E-state index contributed by atoms with van der Waals surface area (Å²) in [5, 5.41) is 15.5. The van der Waals surface area contributed by atoms with Crippen molar-refractivity contribution in [1.29, 1.82) is 0 Å². The van der Waals surface area contributed by atoms with Gasteiger partial charge in [-0.05, 0) is 45.6 Å². The second-order valence-electron chi connectivity index (χ2n) is 4.71. The Hall–Kier alpha value is -1.82. The third-order valence-corrected chi connectivity index (χ3v) is 3.59. The first-order valence-electron chi connectivity index (χ1n) is 6.10. The van der Waals surface area contributed by atoms with Gasteiger partial charge in [-0.2, -0.15) is 5.10 Å². The van der Waals surface area contributed by atoms with Crippen molar-refractivity contribution in [1.82, 2.24) is 10.2 Å². The average Bonchev–Trinajstić information content (AvgIpc) is 2.87. The highest BCUT2D eigenvalue weighted by atomic mass is 79.9. The van der Waals surface area contributed by atoms with Gasteiger partial charge < -0.3 is 9.84 Å². The van der Waals surface area contributed by atoms with Crippen molar-refractivity contribution in [3.8, 4) is 17.0 Å². The summed E-state index contributed by atoms with van der Waals surface area (Å²) in [5.74, 6) is 0.0391. The minimum atomic E-state index is -1.03. The van der Waals surface area contributed by atoms with Crippen LogP contribution in [0.4, 0.5) is 0 Å². The molecule has 106 valence electrons. The third-order valence-electron chi connectivity index (χ3n) is 3.00. The lowest BCUT2D eigenvalue weighted by atomic mass is 9.98. The second-order valence-corrected chi connectivity index (χ2v) is 5.56. The van der Waals surface area contributed by atoms with Crippen LogP contribution in [0.1, 0.15) is 35.8 Å². The number of carboxylic acid groups (broad SMARTS) is 1. The topological polar surface area (TPSA) is 75.2 Å². The van der Waals surface area contributed by atoms with Crippen LogP contribution in [0.2, 0.25) is 0 Å². The zero-order valence-electron chi connectivity index (χ0n) is 11.4. The minimum absolute atomic E-state index is 0.0676. The maximum atomic E-state index is 10.9. The molecule has 6 heteroatoms. The highest BCUT2D eigenvalue weighted by Gasteiger charge is 2.16. The molecule has 5 nitrogen and oxygen atoms in total. The van der Waals surface area contributed by atoms with Gasteiger partial charge in [-0.25, -0.2) is 4.79 Å². The molecule has 0 saturated heterocycles. The van der Waals surface area contributed by atoms with Crippen LogP contribution in [0, 0.1) is 0 Å². The third kappa shape index (κ3) is 2.70. The monoisotopic (exact) mass is 338 g/mol. The van der Waals surface area contributed by atoms with E-state index in [4.69, 9.17) is 9.84 Å². The van der Waals surface area contributed by atoms with Crippen molar-refractivity contribution >= 4 is 21.9 Å². The summed E-state index contributed by atoms with van der Waals surface area (Å²) in [6.45, 7) is 4.14. The molecule has 2 aromatic rings. The first-order valence-corrected chi connectivity index (χ1v) is 6.89. The van der Waals surface area contributed by atoms with E-state index in [1.165, 1.54) is 6.07 Å². The number of halogens is 1. The fraction of sp³-hybridized carbons (Fsp3) is 0.286. The fourth-order valence-electron chi connectivity index (χ4n) is 1.99. The van der Waals surface area contributed by atoms with Crippen LogP contribution in [0.25, 0.3) is 11.3 Å². The Morgan fingerprint density at radius 2 is 2.10 bits per heavy atom. The number of nitrogens with one attached hydrogen (secondary N) is 1. The average molecular weight is 339 g/mol. The maximum Gasteiger partial charge on any atom is 0.353 e. The number of carbonyl (C=O) groups is 1. The van der Waals surface area contributed by atoms with E-state index in [0.717, 1.165) is 21.3 Å². The van der Waals surface area contributed by atoms with Gasteiger partial charge in [0.2, 0.25) is 0 Å². The molecule has 0 amide bonds. The molecule has 20 heavy (non-hydrogen) atoms. The molecule has 0 atom stereocenters. The van der Waals surface area contributed by atoms with Crippen molar-refractivity contribution in [2.24, 2.45) is 0 Å². The van der Waals surface area contributed by atoms with Gasteiger partial charge in [0.25, 0.3) is 0 Å². The molecule has 0 saturated carbocycles. The largest absolute Gasteiger partial charge is 0.495 e. The van der Waals surface area contributed by atoms with Crippen molar-refractivity contribution < 1.29 is 14.6 Å². The Bertz CT molecular complexity index is 650. The summed E-state index contributed by atoms with van der Waals surface area (Å²) in [6, 6.07) is 5.35. The van der Waals surface area contributed by atoms with Gasteiger partial charge in [0, 0.05) is 5.56 Å². The van der Waals surface area contributed by atoms with Crippen molar-refractivity contribution in [3.63, 3.8) is 0 Å². The number of nitrogens with zero attached hydrogens (tertiary/aromatic N) is 1. The van der Waals surface area contributed by atoms with Gasteiger partial charge in [-0.1, -0.05) is 13.8 Å². The number of aromatic carboxylic acids is 1. The van der Waals surface area contributed by atoms with Gasteiger partial charge >= 0.3 is 5.97 Å². The number of hydrogen-bond acceptors (Lipinski definition) is 3. The molecule has 0 unspecified atom stereocenters. The number of benzene rings is 1. The van der Waals surface area contributed by atoms with Crippen molar-refractivity contribution in [3.05, 3.63) is 33.9 Å². The van der Waals surface area contributed by atoms with Gasteiger partial charge in [0.1, 0.15) is 11.4 Å². The Morgan fingerprint density at radius 1 is 1.40 bits per heavy atom. The van der Waals surface area contributed by atoms with E-state index in [1.807, 2.05) is 12.1 Å². The van der Waals surface area contributed by atoms with Gasteiger partial charge in [0.15, 0.2) is 0 Å². The smallest absolute Gasteiger partial charge is 0.353 e. The number of ether oxygens (including phenoxy) is 1. The summed E-state index contributed by atoms with van der Waals surface area (Å²) in [4.78, 5) is 10.9. The molecule has 0 aliphatic heterocycles. The molecule has 2 rings (SSSR count). The summed E-state index contributed by atoms with van der Waals surface area (Å²) in [7, 11) is 1.63. The summed E-state index contributed by atoms with van der Waals surface area (Å²) in [6.07, 6.45) is 0. The number of H-pyrrole nitrogens is 1. The number of carboxylic acids is 1. The molecular weight excluding hydrogens is 324 g/mol. The number of hydrogen-bond donors (Lipinski definition) is 2. The number of aromatic amines is 1. The van der Waals surface area contributed by atoms with E-state index in [0.29, 0.717) is 5.69 Å². The van der Waals surface area contributed by atoms with E-state index in [-0.39, 0.29) is 11.6 Å². The summed E-state index contributed by atoms with van der Waals surface area (Å²) >= 11 is 3.48. The van der Waals surface area contributed by atoms with Gasteiger partial charge in [-0.3, -0.25) is 5.10 Å². The van der Waals surface area contributed by atoms with E-state index >= 15 is 0 Å². The Labute approximate surface area is 125 Å². The lowest BCUT2D eigenvalue weighted by molar-refractivity contribution is 0.0690. The highest BCUT2D eigenvalue weighted by Crippen LogP contribution is 2.37. The molecule has 0 fully saturated rings. The molecule has 0 bridgehead atoms. The quantitative estimate of drug-likeness (QED) is 0.891. The number of rotatable bonds is 4. The van der Waals surface area contributed by atoms with Gasteiger partial charge in [0.05, 0.1) is 17.3 Å². The lowest BCUT2D eigenvalue weighted by Gasteiger charge is -2.15. The predicted molar refractivity (Wildman–Crippen MR) is 79.3 cm³/mol. The number of aromatic nitrogens is 2. The van der Waals surface area contributed by atoms with Crippen LogP contribution in [0.5, 0.6) is 5.75 Å². The lowest BCUT2D eigenvalue weighted by Crippen LogP contribution is -1.96. The molecule has 0 aliphatic carbocycles. The van der Waals surface area contributed by atoms with E-state index < -0.39 is 5.97 Å². The Kier molecular flexibility index (Phi) is 4.13. The molecule has 0 spiro atoms. The summed E-state index contributed by atoms with van der Waals surface area (Å²) in [5.41, 5.74) is 2.53. The van der Waals surface area contributed by atoms with Crippen LogP contribution < -0.4 is 4.74 Å². The number of methoxy groups -OCH3 is 1. The Morgan fingerprint density at radius 3 is 2.60 bits per heavy atom. The van der Waals surface area contributed by atoms with Gasteiger partial charge in [-0.15, -0.1) is 0 Å². The molecule has 2 N–H and O–H groups in total. The predicted octanol–water partition coefficient (Wildman–Crippen LogP) is 3.67. The zero-order valence-corrected chi connectivity index (χ0v) is 13.0. The van der Waals surface area contributed by atoms with Crippen molar-refractivity contribution in [2.45, 2.75) is 19.8 Å². The molecule has 1 aromatic heterocycles. The standard InChI is InChI=1S/C14H15BrN2O3/c1-7(2)9-4-8(5-10(15)13(9)20-3)11-6-12(14(18)19)17-16-11/h4-7H,1-3H3,(H,16,17)(H,18,19). The molecule has 0 radical (unpaired) electrons. The van der Waals surface area contributed by atoms with Crippen LogP contribution >= 0.6 is 15.9 Å². The Balaban J connectivity index is 2.54. The van der Waals surface area contributed by atoms with E-state index in [9.17, 15) is 4.79 Å². The highest BCUT2D eigenvalue weighted by molar-refractivity contribution is 9.10. The van der Waals surface area contributed by atoms with E-state index in [1.54, 1.807) is 7.11 Å². The van der Waals surface area contributed by atoms with Crippen molar-refractivity contribution in [2.75, 3.05) is 7.11 Å². The van der Waals surface area contributed by atoms with Crippen LogP contribution in [0.15, 0.2) is 22.7 Å². The first kappa shape index (κ1) is 14.6. The molecule has 0 aliphatic rings. The van der Waals surface area contributed by atoms with E-state index in [2.05, 4.69) is 40.0 Å². The second kappa shape index (κ2) is 5.66. The van der Waals surface area contributed by atoms with Crippen LogP contribution in [-0.4, -0.2) is 28.4 Å². The summed E-state index contributed by atoms with van der Waals surface area (Å²) < 4.78 is 6.22. The first-order chi connectivity index (χ1) is 9.43.